The van der Waals surface area contributed by atoms with Crippen LogP contribution in [0.4, 0.5) is 22.0 Å². The highest BCUT2D eigenvalue weighted by Gasteiger charge is 2.61. The molecule has 1 heterocycles. The molecule has 0 fully saturated rings. The van der Waals surface area contributed by atoms with Gasteiger partial charge in [-0.1, -0.05) is 24.3 Å². The zero-order valence-corrected chi connectivity index (χ0v) is 16.3. The summed E-state index contributed by atoms with van der Waals surface area (Å²) in [6.45, 7) is 1.08. The van der Waals surface area contributed by atoms with Crippen molar-refractivity contribution < 1.29 is 41.0 Å². The summed E-state index contributed by atoms with van der Waals surface area (Å²) in [6.07, 6.45) is -4.59. The number of rotatable bonds is 7. The van der Waals surface area contributed by atoms with Crippen LogP contribution in [0.2, 0.25) is 0 Å². The lowest BCUT2D eigenvalue weighted by atomic mass is 10.0. The number of carbonyl (C=O) groups excluding carboxylic acids is 1. The van der Waals surface area contributed by atoms with E-state index < -0.39 is 23.1 Å². The topological polar surface area (TPSA) is 57.7 Å². The molecule has 0 saturated carbocycles. The molecular weight excluding hydrogens is 421 g/mol. The number of hydrogen-bond acceptors (Lipinski definition) is 6. The molecule has 0 saturated heterocycles. The number of hydrogen-bond donors (Lipinski definition) is 0. The van der Waals surface area contributed by atoms with Gasteiger partial charge in [0.2, 0.25) is 5.88 Å². The standard InChI is InChI=1S/C18H16F5NO4S/c1-10-14(24-16(29-10)17(19,20)18(21,22)23)28-8-11-6-4-5-7-12(11)13(9-26-2)15(25)27-3/h4-7,9H,8H2,1-3H3/b13-9+. The van der Waals surface area contributed by atoms with Gasteiger partial charge in [-0.25, -0.2) is 4.79 Å². The Kier molecular flexibility index (Phi) is 6.83. The number of carbonyl (C=O) groups is 1. The van der Waals surface area contributed by atoms with Crippen LogP contribution in [0.1, 0.15) is 21.0 Å². The van der Waals surface area contributed by atoms with E-state index >= 15 is 0 Å². The second-order valence-electron chi connectivity index (χ2n) is 5.66. The Hall–Kier alpha value is -2.69. The van der Waals surface area contributed by atoms with Gasteiger partial charge in [0, 0.05) is 0 Å². The van der Waals surface area contributed by atoms with Crippen LogP contribution in [0.25, 0.3) is 5.57 Å². The quantitative estimate of drug-likeness (QED) is 0.268. The van der Waals surface area contributed by atoms with E-state index in [0.29, 0.717) is 11.1 Å². The lowest BCUT2D eigenvalue weighted by molar-refractivity contribution is -0.289. The van der Waals surface area contributed by atoms with Crippen LogP contribution in [0.3, 0.4) is 0 Å². The number of thiazole rings is 1. The molecule has 5 nitrogen and oxygen atoms in total. The molecule has 0 atom stereocenters. The van der Waals surface area contributed by atoms with Crippen LogP contribution in [-0.4, -0.2) is 31.3 Å². The van der Waals surface area contributed by atoms with Crippen LogP contribution in [0.15, 0.2) is 30.5 Å². The third-order valence-electron chi connectivity index (χ3n) is 3.69. The maximum atomic E-state index is 13.5. The molecule has 0 aliphatic carbocycles. The van der Waals surface area contributed by atoms with Crippen molar-refractivity contribution in [3.8, 4) is 5.88 Å². The minimum absolute atomic E-state index is 0.0574. The second kappa shape index (κ2) is 8.76. The minimum atomic E-state index is -5.76. The monoisotopic (exact) mass is 437 g/mol. The molecule has 2 aromatic rings. The zero-order valence-electron chi connectivity index (χ0n) is 15.5. The Labute approximate surface area is 166 Å². The van der Waals surface area contributed by atoms with Crippen LogP contribution >= 0.6 is 11.3 Å². The first-order valence-electron chi connectivity index (χ1n) is 7.97. The van der Waals surface area contributed by atoms with Crippen molar-refractivity contribution in [2.24, 2.45) is 0 Å². The fraction of sp³-hybridized carbons (Fsp3) is 0.333. The molecule has 0 radical (unpaired) electrons. The molecule has 0 aliphatic heterocycles. The predicted molar refractivity (Wildman–Crippen MR) is 94.6 cm³/mol. The first kappa shape index (κ1) is 22.6. The van der Waals surface area contributed by atoms with E-state index in [1.165, 1.54) is 27.4 Å². The van der Waals surface area contributed by atoms with Gasteiger partial charge in [0.15, 0.2) is 5.01 Å². The van der Waals surface area contributed by atoms with Gasteiger partial charge in [-0.05, 0) is 18.1 Å². The molecule has 0 aliphatic rings. The van der Waals surface area contributed by atoms with Gasteiger partial charge >= 0.3 is 18.1 Å². The smallest absolute Gasteiger partial charge is 0.460 e. The molecule has 0 spiro atoms. The lowest BCUT2D eigenvalue weighted by Crippen LogP contribution is -2.33. The number of aryl methyl sites for hydroxylation is 1. The molecule has 11 heteroatoms. The third-order valence-corrected chi connectivity index (χ3v) is 4.71. The van der Waals surface area contributed by atoms with Crippen molar-refractivity contribution in [2.45, 2.75) is 25.6 Å². The van der Waals surface area contributed by atoms with E-state index in [4.69, 9.17) is 14.2 Å². The Morgan fingerprint density at radius 2 is 1.83 bits per heavy atom. The summed E-state index contributed by atoms with van der Waals surface area (Å²) in [7, 11) is 2.52. The highest BCUT2D eigenvalue weighted by molar-refractivity contribution is 7.12. The fourth-order valence-corrected chi connectivity index (χ4v) is 3.13. The normalized spacial score (nSPS) is 12.6. The SMILES string of the molecule is CO/C=C(/C(=O)OC)c1ccccc1COc1nc(C(F)(F)C(F)(F)F)sc1C. The van der Waals surface area contributed by atoms with E-state index in [1.54, 1.807) is 24.3 Å². The van der Waals surface area contributed by atoms with Crippen molar-refractivity contribution in [1.82, 2.24) is 4.98 Å². The molecule has 0 unspecified atom stereocenters. The average molecular weight is 437 g/mol. The second-order valence-corrected chi connectivity index (χ2v) is 6.86. The van der Waals surface area contributed by atoms with Crippen molar-refractivity contribution in [3.63, 3.8) is 0 Å². The molecule has 0 amide bonds. The van der Waals surface area contributed by atoms with Gasteiger partial charge < -0.3 is 14.2 Å². The van der Waals surface area contributed by atoms with Crippen LogP contribution in [0.5, 0.6) is 5.88 Å². The molecule has 29 heavy (non-hydrogen) atoms. The lowest BCUT2D eigenvalue weighted by Gasteiger charge is -2.16. The molecular formula is C18H16F5NO4S. The van der Waals surface area contributed by atoms with Gasteiger partial charge in [-0.15, -0.1) is 11.3 Å². The van der Waals surface area contributed by atoms with Gasteiger partial charge in [-0.3, -0.25) is 0 Å². The Bertz CT molecular complexity index is 908. The van der Waals surface area contributed by atoms with Crippen LogP contribution in [0, 0.1) is 6.92 Å². The number of benzene rings is 1. The van der Waals surface area contributed by atoms with Crippen LogP contribution < -0.4 is 4.74 Å². The molecule has 0 bridgehead atoms. The van der Waals surface area contributed by atoms with E-state index in [1.807, 2.05) is 0 Å². The van der Waals surface area contributed by atoms with Gasteiger partial charge in [-0.2, -0.15) is 26.9 Å². The van der Waals surface area contributed by atoms with E-state index in [2.05, 4.69) is 4.98 Å². The van der Waals surface area contributed by atoms with Gasteiger partial charge in [0.05, 0.1) is 25.4 Å². The first-order chi connectivity index (χ1) is 13.5. The molecule has 1 aromatic heterocycles. The maximum absolute atomic E-state index is 13.5. The largest absolute Gasteiger partial charge is 0.503 e. The van der Waals surface area contributed by atoms with Crippen molar-refractivity contribution >= 4 is 22.9 Å². The fourth-order valence-electron chi connectivity index (χ4n) is 2.28. The van der Waals surface area contributed by atoms with Crippen molar-refractivity contribution in [1.29, 1.82) is 0 Å². The highest BCUT2D eigenvalue weighted by Crippen LogP contribution is 2.46. The summed E-state index contributed by atoms with van der Waals surface area (Å²) in [5.74, 6) is -6.11. The number of nitrogens with zero attached hydrogens (tertiary/aromatic N) is 1. The third kappa shape index (κ3) is 4.84. The summed E-state index contributed by atoms with van der Waals surface area (Å²) in [5.41, 5.74) is 0.904. The molecule has 158 valence electrons. The van der Waals surface area contributed by atoms with E-state index in [-0.39, 0.29) is 34.3 Å². The summed E-state index contributed by atoms with van der Waals surface area (Å²) in [4.78, 5) is 15.4. The van der Waals surface area contributed by atoms with Gasteiger partial charge in [0.1, 0.15) is 12.2 Å². The summed E-state index contributed by atoms with van der Waals surface area (Å²) in [5, 5.41) is -1.40. The Balaban J connectivity index is 2.31. The molecule has 2 rings (SSSR count). The first-order valence-corrected chi connectivity index (χ1v) is 8.79. The van der Waals surface area contributed by atoms with E-state index in [0.717, 1.165) is 0 Å². The number of aromatic nitrogens is 1. The number of halogens is 5. The highest BCUT2D eigenvalue weighted by atomic mass is 32.1. The zero-order chi connectivity index (χ0) is 21.8. The number of methoxy groups -OCH3 is 2. The minimum Gasteiger partial charge on any atom is -0.503 e. The predicted octanol–water partition coefficient (Wildman–Crippen LogP) is 4.84. The Morgan fingerprint density at radius 1 is 1.17 bits per heavy atom. The Morgan fingerprint density at radius 3 is 2.41 bits per heavy atom. The number of ether oxygens (including phenoxy) is 3. The number of esters is 1. The van der Waals surface area contributed by atoms with Gasteiger partial charge in [0.25, 0.3) is 0 Å². The van der Waals surface area contributed by atoms with E-state index in [9.17, 15) is 26.7 Å². The average Bonchev–Trinajstić information content (AvgIpc) is 3.04. The summed E-state index contributed by atoms with van der Waals surface area (Å²) in [6, 6.07) is 6.45. The number of alkyl halides is 5. The summed E-state index contributed by atoms with van der Waals surface area (Å²) < 4.78 is 79.6. The molecule has 1 aromatic carbocycles. The van der Waals surface area contributed by atoms with Crippen LogP contribution in [-0.2, 0) is 26.8 Å². The maximum Gasteiger partial charge on any atom is 0.460 e. The van der Waals surface area contributed by atoms with Crippen molar-refractivity contribution in [3.05, 3.63) is 51.5 Å². The van der Waals surface area contributed by atoms with Crippen molar-refractivity contribution in [2.75, 3.05) is 14.2 Å². The molecule has 0 N–H and O–H groups in total. The summed E-state index contributed by atoms with van der Waals surface area (Å²) >= 11 is 0.199.